The van der Waals surface area contributed by atoms with Crippen LogP contribution in [0.2, 0.25) is 0 Å². The van der Waals surface area contributed by atoms with Crippen LogP contribution in [-0.2, 0) is 26.7 Å². The van der Waals surface area contributed by atoms with Gasteiger partial charge < -0.3 is 10.4 Å². The number of rotatable bonds is 7. The van der Waals surface area contributed by atoms with Crippen molar-refractivity contribution >= 4 is 63.5 Å². The zero-order chi connectivity index (χ0) is 30.1. The average molecular weight is 637 g/mol. The highest BCUT2D eigenvalue weighted by molar-refractivity contribution is 8.26. The van der Waals surface area contributed by atoms with E-state index in [2.05, 4.69) is 5.32 Å². The summed E-state index contributed by atoms with van der Waals surface area (Å²) in [6.45, 7) is -0.0108. The maximum atomic E-state index is 13.2. The van der Waals surface area contributed by atoms with Crippen LogP contribution >= 0.6 is 35.3 Å². The Balaban J connectivity index is 1.43. The Morgan fingerprint density at radius 1 is 1.05 bits per heavy atom. The second-order valence-electron chi connectivity index (χ2n) is 9.58. The van der Waals surface area contributed by atoms with Crippen LogP contribution in [0.4, 0.5) is 26.3 Å². The molecule has 0 bridgehead atoms. The van der Waals surface area contributed by atoms with Gasteiger partial charge >= 0.3 is 18.3 Å². The number of thioether (sulfide) groups is 1. The van der Waals surface area contributed by atoms with Gasteiger partial charge in [0.2, 0.25) is 5.91 Å². The standard InChI is InChI=1S/C26H22F6N2O4S3/c27-25(28,29)16-6-14(7-17(10-16)26(30,31)32)15-9-19(40-12-15)11-20-22(36)34(24(39)41-20)5-4-21(35)33-18-3-1-2-13(8-18)23(37)38/h6-7,9-13,18H,1-5,8H2,(H,33,35)(H,37,38)/b20-11-/t13-,18-/m1/s1. The molecule has 2 atom stereocenters. The highest BCUT2D eigenvalue weighted by atomic mass is 32.2. The minimum atomic E-state index is -4.98. The number of aliphatic carboxylic acids is 1. The number of halogens is 6. The lowest BCUT2D eigenvalue weighted by atomic mass is 9.86. The van der Waals surface area contributed by atoms with E-state index in [1.807, 2.05) is 0 Å². The molecular formula is C26H22F6N2O4S3. The highest BCUT2D eigenvalue weighted by Gasteiger charge is 2.37. The molecule has 0 unspecified atom stereocenters. The van der Waals surface area contributed by atoms with Crippen molar-refractivity contribution in [2.45, 2.75) is 50.5 Å². The van der Waals surface area contributed by atoms with Crippen molar-refractivity contribution in [3.05, 3.63) is 50.6 Å². The summed E-state index contributed by atoms with van der Waals surface area (Å²) in [5.41, 5.74) is -3.00. The maximum Gasteiger partial charge on any atom is 0.416 e. The predicted octanol–water partition coefficient (Wildman–Crippen LogP) is 6.80. The number of thiophene rings is 1. The lowest BCUT2D eigenvalue weighted by Crippen LogP contribution is -2.41. The van der Waals surface area contributed by atoms with Crippen molar-refractivity contribution < 1.29 is 45.8 Å². The fourth-order valence-corrected chi connectivity index (χ4v) is 6.80. The number of alkyl halides is 6. The Labute approximate surface area is 243 Å². The van der Waals surface area contributed by atoms with Gasteiger partial charge in [0.15, 0.2) is 0 Å². The van der Waals surface area contributed by atoms with E-state index in [1.54, 1.807) is 0 Å². The molecule has 15 heteroatoms. The quantitative estimate of drug-likeness (QED) is 0.198. The molecule has 6 nitrogen and oxygen atoms in total. The molecule has 1 aromatic carbocycles. The van der Waals surface area contributed by atoms with Crippen molar-refractivity contribution in [1.82, 2.24) is 10.2 Å². The number of nitrogens with zero attached hydrogens (tertiary/aromatic N) is 1. The summed E-state index contributed by atoms with van der Waals surface area (Å²) >= 11 is 7.26. The first-order valence-corrected chi connectivity index (χ1v) is 14.4. The molecule has 2 aromatic rings. The molecule has 1 aromatic heterocycles. The van der Waals surface area contributed by atoms with Gasteiger partial charge in [-0.2, -0.15) is 26.3 Å². The molecule has 1 aliphatic carbocycles. The summed E-state index contributed by atoms with van der Waals surface area (Å²) in [7, 11) is 0. The molecule has 2 aliphatic rings. The van der Waals surface area contributed by atoms with E-state index in [-0.39, 0.29) is 51.3 Å². The molecule has 2 fully saturated rings. The number of thiocarbonyl (C=S) groups is 1. The second kappa shape index (κ2) is 12.1. The zero-order valence-electron chi connectivity index (χ0n) is 21.0. The van der Waals surface area contributed by atoms with Crippen LogP contribution in [0.1, 0.15) is 48.1 Å². The second-order valence-corrected chi connectivity index (χ2v) is 12.2. The average Bonchev–Trinajstić information content (AvgIpc) is 3.45. The number of carboxylic acids is 1. The van der Waals surface area contributed by atoms with Crippen LogP contribution in [0.25, 0.3) is 17.2 Å². The first-order chi connectivity index (χ1) is 19.1. The van der Waals surface area contributed by atoms with E-state index >= 15 is 0 Å². The van der Waals surface area contributed by atoms with Crippen molar-refractivity contribution in [3.8, 4) is 11.1 Å². The van der Waals surface area contributed by atoms with Gasteiger partial charge in [-0.1, -0.05) is 30.4 Å². The van der Waals surface area contributed by atoms with Gasteiger partial charge in [-0.05, 0) is 66.1 Å². The van der Waals surface area contributed by atoms with Crippen LogP contribution in [0.3, 0.4) is 0 Å². The van der Waals surface area contributed by atoms with Gasteiger partial charge in [-0.3, -0.25) is 19.3 Å². The van der Waals surface area contributed by atoms with Crippen molar-refractivity contribution in [1.29, 1.82) is 0 Å². The number of hydrogen-bond donors (Lipinski definition) is 2. The largest absolute Gasteiger partial charge is 0.481 e. The fraction of sp³-hybridized carbons (Fsp3) is 0.385. The number of benzene rings is 1. The van der Waals surface area contributed by atoms with Gasteiger partial charge in [-0.15, -0.1) is 11.3 Å². The molecule has 2 heterocycles. The van der Waals surface area contributed by atoms with Gasteiger partial charge in [0, 0.05) is 23.9 Å². The van der Waals surface area contributed by atoms with Gasteiger partial charge in [0.1, 0.15) is 4.32 Å². The van der Waals surface area contributed by atoms with E-state index in [1.165, 1.54) is 22.4 Å². The summed E-state index contributed by atoms with van der Waals surface area (Å²) in [5, 5.41) is 13.4. The van der Waals surface area contributed by atoms with Crippen LogP contribution in [-0.4, -0.2) is 44.7 Å². The number of nitrogens with one attached hydrogen (secondary N) is 1. The number of carbonyl (C=O) groups is 3. The fourth-order valence-electron chi connectivity index (χ4n) is 4.58. The first kappa shape index (κ1) is 31.0. The number of carboxylic acid groups (broad SMARTS) is 1. The Kier molecular flexibility index (Phi) is 9.19. The lowest BCUT2D eigenvalue weighted by molar-refractivity contribution is -0.144. The third-order valence-corrected chi connectivity index (χ3v) is 8.90. The maximum absolute atomic E-state index is 13.2. The predicted molar refractivity (Wildman–Crippen MR) is 146 cm³/mol. The monoisotopic (exact) mass is 636 g/mol. The van der Waals surface area contributed by atoms with Crippen LogP contribution in [0.15, 0.2) is 34.6 Å². The van der Waals surface area contributed by atoms with E-state index in [4.69, 9.17) is 12.2 Å². The molecule has 1 saturated carbocycles. The Hall–Kier alpha value is -2.91. The SMILES string of the molecule is O=C(CCN1C(=O)/C(=C/c2cc(-c3cc(C(F)(F)F)cc(C(F)(F)F)c3)cs2)SC1=S)N[C@@H]1CCC[C@@H](C(=O)O)C1. The van der Waals surface area contributed by atoms with Crippen LogP contribution in [0, 0.1) is 5.92 Å². The summed E-state index contributed by atoms with van der Waals surface area (Å²) in [6.07, 6.45) is -6.32. The number of carbonyl (C=O) groups excluding carboxylic acids is 2. The Bertz CT molecular complexity index is 1370. The molecule has 4 rings (SSSR count). The third kappa shape index (κ3) is 7.68. The molecule has 1 saturated heterocycles. The third-order valence-electron chi connectivity index (χ3n) is 6.64. The van der Waals surface area contributed by atoms with Crippen molar-refractivity contribution in [2.24, 2.45) is 5.92 Å². The van der Waals surface area contributed by atoms with E-state index in [9.17, 15) is 45.8 Å². The van der Waals surface area contributed by atoms with E-state index < -0.39 is 41.3 Å². The topological polar surface area (TPSA) is 86.7 Å². The molecule has 2 amide bonds. The molecule has 41 heavy (non-hydrogen) atoms. The summed E-state index contributed by atoms with van der Waals surface area (Å²) < 4.78 is 79.6. The smallest absolute Gasteiger partial charge is 0.416 e. The Morgan fingerprint density at radius 2 is 1.71 bits per heavy atom. The minimum Gasteiger partial charge on any atom is -0.481 e. The molecular weight excluding hydrogens is 614 g/mol. The first-order valence-electron chi connectivity index (χ1n) is 12.3. The summed E-state index contributed by atoms with van der Waals surface area (Å²) in [5.74, 6) is -2.23. The van der Waals surface area contributed by atoms with Gasteiger partial charge in [-0.25, -0.2) is 0 Å². The zero-order valence-corrected chi connectivity index (χ0v) is 23.4. The van der Waals surface area contributed by atoms with Crippen molar-refractivity contribution in [2.75, 3.05) is 6.54 Å². The van der Waals surface area contributed by atoms with Crippen molar-refractivity contribution in [3.63, 3.8) is 0 Å². The molecule has 220 valence electrons. The van der Waals surface area contributed by atoms with Crippen LogP contribution < -0.4 is 5.32 Å². The molecule has 0 radical (unpaired) electrons. The molecule has 1 aliphatic heterocycles. The van der Waals surface area contributed by atoms with Gasteiger partial charge in [0.05, 0.1) is 21.9 Å². The molecule has 2 N–H and O–H groups in total. The highest BCUT2D eigenvalue weighted by Crippen LogP contribution is 2.40. The lowest BCUT2D eigenvalue weighted by Gasteiger charge is -2.27. The summed E-state index contributed by atoms with van der Waals surface area (Å²) in [4.78, 5) is 38.5. The van der Waals surface area contributed by atoms with E-state index in [0.717, 1.165) is 23.1 Å². The van der Waals surface area contributed by atoms with Crippen LogP contribution in [0.5, 0.6) is 0 Å². The Morgan fingerprint density at radius 3 is 2.32 bits per heavy atom. The van der Waals surface area contributed by atoms with E-state index in [0.29, 0.717) is 42.7 Å². The number of amides is 2. The minimum absolute atomic E-state index is 0.0108. The number of hydrogen-bond acceptors (Lipinski definition) is 6. The normalized spacial score (nSPS) is 21.0. The van der Waals surface area contributed by atoms with Gasteiger partial charge in [0.25, 0.3) is 5.91 Å². The summed E-state index contributed by atoms with van der Waals surface area (Å²) in [6, 6.07) is 2.46. The molecule has 0 spiro atoms.